The summed E-state index contributed by atoms with van der Waals surface area (Å²) in [6.07, 6.45) is 0. The van der Waals surface area contributed by atoms with Crippen molar-refractivity contribution in [2.24, 2.45) is 0 Å². The third kappa shape index (κ3) is 4.61. The van der Waals surface area contributed by atoms with E-state index in [2.05, 4.69) is 37.0 Å². The maximum absolute atomic E-state index is 12.5. The molecule has 3 N–H and O–H groups in total. The maximum atomic E-state index is 12.5. The van der Waals surface area contributed by atoms with Crippen molar-refractivity contribution in [1.29, 1.82) is 0 Å². The number of nitrogen functional groups attached to an aromatic ring is 1. The van der Waals surface area contributed by atoms with Gasteiger partial charge in [0.2, 0.25) is 11.9 Å². The molecule has 1 saturated heterocycles. The fourth-order valence-corrected chi connectivity index (χ4v) is 2.96. The summed E-state index contributed by atoms with van der Waals surface area (Å²) in [4.78, 5) is 17.4. The van der Waals surface area contributed by atoms with E-state index in [4.69, 9.17) is 5.73 Å². The standard InChI is InChI=1S/C17H24FN7/c1-13(25-11-9-24(8-7-18)10-12-25)15-21-16(19)23-17(22-15)20-14-5-3-2-4-6-14/h2-6,13H,7-12H2,1H3,(H3,19,20,21,22,23). The number of anilines is 3. The third-order valence-corrected chi connectivity index (χ3v) is 4.43. The zero-order chi connectivity index (χ0) is 17.6. The molecule has 1 aliphatic rings. The lowest BCUT2D eigenvalue weighted by Crippen LogP contribution is -2.47. The largest absolute Gasteiger partial charge is 0.368 e. The van der Waals surface area contributed by atoms with Crippen LogP contribution in [-0.2, 0) is 0 Å². The van der Waals surface area contributed by atoms with Gasteiger partial charge in [0.05, 0.1) is 6.04 Å². The van der Waals surface area contributed by atoms with Gasteiger partial charge in [0.15, 0.2) is 5.82 Å². The van der Waals surface area contributed by atoms with E-state index >= 15 is 0 Å². The summed E-state index contributed by atoms with van der Waals surface area (Å²) >= 11 is 0. The van der Waals surface area contributed by atoms with E-state index in [1.165, 1.54) is 0 Å². The summed E-state index contributed by atoms with van der Waals surface area (Å²) < 4.78 is 12.5. The van der Waals surface area contributed by atoms with Gasteiger partial charge in [-0.2, -0.15) is 15.0 Å². The molecule has 2 aromatic rings. The van der Waals surface area contributed by atoms with Gasteiger partial charge >= 0.3 is 0 Å². The van der Waals surface area contributed by atoms with Crippen LogP contribution < -0.4 is 11.1 Å². The van der Waals surface area contributed by atoms with Gasteiger partial charge in [-0.05, 0) is 19.1 Å². The number of aromatic nitrogens is 3. The normalized spacial score (nSPS) is 17.4. The van der Waals surface area contributed by atoms with Crippen LogP contribution >= 0.6 is 0 Å². The number of hydrogen-bond donors (Lipinski definition) is 2. The average molecular weight is 345 g/mol. The van der Waals surface area contributed by atoms with Gasteiger partial charge in [-0.15, -0.1) is 0 Å². The molecular formula is C17H24FN7. The number of nitrogens with zero attached hydrogens (tertiary/aromatic N) is 5. The summed E-state index contributed by atoms with van der Waals surface area (Å²) in [6, 6.07) is 9.72. The third-order valence-electron chi connectivity index (χ3n) is 4.43. The highest BCUT2D eigenvalue weighted by atomic mass is 19.1. The molecule has 0 bridgehead atoms. The van der Waals surface area contributed by atoms with Gasteiger partial charge in [-0.3, -0.25) is 9.80 Å². The molecule has 1 aliphatic heterocycles. The lowest BCUT2D eigenvalue weighted by Gasteiger charge is -2.37. The van der Waals surface area contributed by atoms with Gasteiger partial charge in [-0.25, -0.2) is 4.39 Å². The molecular weight excluding hydrogens is 321 g/mol. The maximum Gasteiger partial charge on any atom is 0.232 e. The van der Waals surface area contributed by atoms with Crippen LogP contribution in [0.2, 0.25) is 0 Å². The van der Waals surface area contributed by atoms with Crippen LogP contribution in [-0.4, -0.2) is 64.2 Å². The number of hydrogen-bond acceptors (Lipinski definition) is 7. The van der Waals surface area contributed by atoms with Crippen LogP contribution in [0.25, 0.3) is 0 Å². The second-order valence-corrected chi connectivity index (χ2v) is 6.11. The van der Waals surface area contributed by atoms with E-state index in [9.17, 15) is 4.39 Å². The van der Waals surface area contributed by atoms with Crippen molar-refractivity contribution in [2.75, 3.05) is 50.4 Å². The SMILES string of the molecule is CC(c1nc(N)nc(Nc2ccccc2)n1)N1CCN(CCF)CC1. The Morgan fingerprint density at radius 1 is 1.12 bits per heavy atom. The zero-order valence-electron chi connectivity index (χ0n) is 14.4. The highest BCUT2D eigenvalue weighted by molar-refractivity contribution is 5.53. The number of rotatable bonds is 6. The quantitative estimate of drug-likeness (QED) is 0.826. The number of piperazine rings is 1. The first-order valence-electron chi connectivity index (χ1n) is 8.51. The molecule has 25 heavy (non-hydrogen) atoms. The van der Waals surface area contributed by atoms with Crippen LogP contribution in [0.3, 0.4) is 0 Å². The summed E-state index contributed by atoms with van der Waals surface area (Å²) in [5.74, 6) is 1.29. The van der Waals surface area contributed by atoms with Crippen molar-refractivity contribution in [1.82, 2.24) is 24.8 Å². The lowest BCUT2D eigenvalue weighted by atomic mass is 10.2. The Morgan fingerprint density at radius 3 is 2.52 bits per heavy atom. The second kappa shape index (κ2) is 8.17. The van der Waals surface area contributed by atoms with Crippen LogP contribution in [0.5, 0.6) is 0 Å². The van der Waals surface area contributed by atoms with E-state index in [-0.39, 0.29) is 18.7 Å². The van der Waals surface area contributed by atoms with Crippen molar-refractivity contribution < 1.29 is 4.39 Å². The summed E-state index contributed by atoms with van der Waals surface area (Å²) in [6.45, 7) is 5.68. The molecule has 2 heterocycles. The number of nitrogens with one attached hydrogen (secondary N) is 1. The highest BCUT2D eigenvalue weighted by Gasteiger charge is 2.24. The first-order chi connectivity index (χ1) is 12.2. The minimum absolute atomic E-state index is 0.0224. The fraction of sp³-hybridized carbons (Fsp3) is 0.471. The molecule has 0 spiro atoms. The van der Waals surface area contributed by atoms with Gasteiger partial charge in [0.1, 0.15) is 6.67 Å². The molecule has 1 fully saturated rings. The van der Waals surface area contributed by atoms with Gasteiger partial charge in [0, 0.05) is 38.4 Å². The van der Waals surface area contributed by atoms with Crippen molar-refractivity contribution in [3.05, 3.63) is 36.2 Å². The molecule has 134 valence electrons. The summed E-state index contributed by atoms with van der Waals surface area (Å²) in [5.41, 5.74) is 6.77. The van der Waals surface area contributed by atoms with Crippen molar-refractivity contribution in [3.63, 3.8) is 0 Å². The second-order valence-electron chi connectivity index (χ2n) is 6.11. The average Bonchev–Trinajstić information content (AvgIpc) is 2.62. The Bertz CT molecular complexity index is 674. The van der Waals surface area contributed by atoms with E-state index < -0.39 is 0 Å². The van der Waals surface area contributed by atoms with E-state index in [1.54, 1.807) is 0 Å². The lowest BCUT2D eigenvalue weighted by molar-refractivity contribution is 0.0950. The molecule has 3 rings (SSSR count). The Labute approximate surface area is 147 Å². The Morgan fingerprint density at radius 2 is 1.84 bits per heavy atom. The number of halogens is 1. The van der Waals surface area contributed by atoms with Gasteiger partial charge in [-0.1, -0.05) is 18.2 Å². The fourth-order valence-electron chi connectivity index (χ4n) is 2.96. The number of nitrogens with two attached hydrogens (primary N) is 1. The minimum Gasteiger partial charge on any atom is -0.368 e. The molecule has 1 aromatic heterocycles. The van der Waals surface area contributed by atoms with Crippen LogP contribution in [0.1, 0.15) is 18.8 Å². The van der Waals surface area contributed by atoms with Gasteiger partial charge in [0.25, 0.3) is 0 Å². The summed E-state index contributed by atoms with van der Waals surface area (Å²) in [5, 5.41) is 3.16. The monoisotopic (exact) mass is 345 g/mol. The Balaban J connectivity index is 1.69. The topological polar surface area (TPSA) is 83.2 Å². The molecule has 7 nitrogen and oxygen atoms in total. The van der Waals surface area contributed by atoms with Crippen LogP contribution in [0.4, 0.5) is 22.0 Å². The number of para-hydroxylation sites is 1. The molecule has 1 atom stereocenters. The van der Waals surface area contributed by atoms with E-state index in [0.717, 1.165) is 31.9 Å². The molecule has 0 saturated carbocycles. The summed E-state index contributed by atoms with van der Waals surface area (Å²) in [7, 11) is 0. The number of alkyl halides is 1. The predicted octanol–water partition coefficient (Wildman–Crippen LogP) is 1.85. The van der Waals surface area contributed by atoms with Crippen molar-refractivity contribution in [3.8, 4) is 0 Å². The van der Waals surface area contributed by atoms with Crippen LogP contribution in [0, 0.1) is 0 Å². The first-order valence-corrected chi connectivity index (χ1v) is 8.51. The first kappa shape index (κ1) is 17.5. The van der Waals surface area contributed by atoms with E-state index in [0.29, 0.717) is 18.3 Å². The van der Waals surface area contributed by atoms with Crippen molar-refractivity contribution in [2.45, 2.75) is 13.0 Å². The number of benzene rings is 1. The minimum atomic E-state index is -0.298. The Hall–Kier alpha value is -2.32. The molecule has 0 aliphatic carbocycles. The van der Waals surface area contributed by atoms with Crippen molar-refractivity contribution >= 4 is 17.6 Å². The van der Waals surface area contributed by atoms with Gasteiger partial charge < -0.3 is 11.1 Å². The Kier molecular flexibility index (Phi) is 5.72. The highest BCUT2D eigenvalue weighted by Crippen LogP contribution is 2.21. The molecule has 1 unspecified atom stereocenters. The zero-order valence-corrected chi connectivity index (χ0v) is 14.4. The van der Waals surface area contributed by atoms with Crippen LogP contribution in [0.15, 0.2) is 30.3 Å². The smallest absolute Gasteiger partial charge is 0.232 e. The molecule has 0 amide bonds. The predicted molar refractivity (Wildman–Crippen MR) is 96.4 cm³/mol. The molecule has 0 radical (unpaired) electrons. The molecule has 8 heteroatoms. The van der Waals surface area contributed by atoms with E-state index in [1.807, 2.05) is 30.3 Å². The molecule has 1 aromatic carbocycles.